The zero-order valence-corrected chi connectivity index (χ0v) is 9.59. The maximum Gasteiger partial charge on any atom is 0.297 e. The van der Waals surface area contributed by atoms with Gasteiger partial charge in [0.1, 0.15) is 11.3 Å². The molecule has 0 unspecified atom stereocenters. The summed E-state index contributed by atoms with van der Waals surface area (Å²) >= 11 is 1.08. The van der Waals surface area contributed by atoms with Gasteiger partial charge >= 0.3 is 0 Å². The van der Waals surface area contributed by atoms with Crippen LogP contribution in [0.25, 0.3) is 0 Å². The molecule has 16 heavy (non-hydrogen) atoms. The number of hydrogen-bond acceptors (Lipinski definition) is 7. The standard InChI is InChI=1S/C7H8N4O3S2/c8-3-5-1-2-6(14-5)16(12,13)11-7-10-9-4-15-7/h1-2,4H,3,8H2,(H,10,11). The minimum absolute atomic E-state index is 0.147. The van der Waals surface area contributed by atoms with Crippen molar-refractivity contribution >= 4 is 26.5 Å². The van der Waals surface area contributed by atoms with E-state index in [-0.39, 0.29) is 16.8 Å². The van der Waals surface area contributed by atoms with Gasteiger partial charge in [-0.25, -0.2) is 0 Å². The van der Waals surface area contributed by atoms with Crippen LogP contribution in [0.5, 0.6) is 0 Å². The fourth-order valence-corrected chi connectivity index (χ4v) is 2.64. The topological polar surface area (TPSA) is 111 Å². The van der Waals surface area contributed by atoms with E-state index < -0.39 is 10.0 Å². The van der Waals surface area contributed by atoms with Crippen molar-refractivity contribution in [1.82, 2.24) is 10.2 Å². The van der Waals surface area contributed by atoms with Gasteiger partial charge in [0.2, 0.25) is 10.2 Å². The van der Waals surface area contributed by atoms with Crippen LogP contribution < -0.4 is 10.5 Å². The van der Waals surface area contributed by atoms with Gasteiger partial charge in [0.05, 0.1) is 6.54 Å². The second-order valence-corrected chi connectivity index (χ2v) is 5.22. The van der Waals surface area contributed by atoms with Gasteiger partial charge in [-0.1, -0.05) is 11.3 Å². The molecule has 2 rings (SSSR count). The highest BCUT2D eigenvalue weighted by Crippen LogP contribution is 2.18. The fraction of sp³-hybridized carbons (Fsp3) is 0.143. The number of nitrogens with zero attached hydrogens (tertiary/aromatic N) is 2. The predicted octanol–water partition coefficient (Wildman–Crippen LogP) is 0.391. The second-order valence-electron chi connectivity index (χ2n) is 2.77. The van der Waals surface area contributed by atoms with Gasteiger partial charge in [-0.05, 0) is 12.1 Å². The number of anilines is 1. The summed E-state index contributed by atoms with van der Waals surface area (Å²) in [4.78, 5) is 0. The number of sulfonamides is 1. The second kappa shape index (κ2) is 4.20. The normalized spacial score (nSPS) is 11.6. The molecule has 3 N–H and O–H groups in total. The molecule has 0 spiro atoms. The minimum atomic E-state index is -3.74. The van der Waals surface area contributed by atoms with Crippen LogP contribution in [0.15, 0.2) is 27.2 Å². The summed E-state index contributed by atoms with van der Waals surface area (Å²) in [6, 6.07) is 2.85. The van der Waals surface area contributed by atoms with Gasteiger partial charge in [-0.3, -0.25) is 4.72 Å². The molecule has 86 valence electrons. The van der Waals surface area contributed by atoms with Crippen molar-refractivity contribution in [2.45, 2.75) is 11.6 Å². The van der Waals surface area contributed by atoms with Crippen LogP contribution in [0.3, 0.4) is 0 Å². The van der Waals surface area contributed by atoms with E-state index in [1.807, 2.05) is 0 Å². The third kappa shape index (κ3) is 2.21. The summed E-state index contributed by atoms with van der Waals surface area (Å²) in [7, 11) is -3.74. The van der Waals surface area contributed by atoms with Crippen molar-refractivity contribution in [2.75, 3.05) is 4.72 Å². The zero-order valence-electron chi connectivity index (χ0n) is 7.95. The molecule has 0 fully saturated rings. The Hall–Kier alpha value is -1.45. The average molecular weight is 260 g/mol. The minimum Gasteiger partial charge on any atom is -0.446 e. The van der Waals surface area contributed by atoms with Gasteiger partial charge in [0.15, 0.2) is 0 Å². The van der Waals surface area contributed by atoms with E-state index in [1.54, 1.807) is 0 Å². The monoisotopic (exact) mass is 260 g/mol. The van der Waals surface area contributed by atoms with Gasteiger partial charge in [-0.15, -0.1) is 10.2 Å². The Morgan fingerprint density at radius 1 is 1.50 bits per heavy atom. The molecule has 0 bridgehead atoms. The Kier molecular flexibility index (Phi) is 2.90. The molecule has 0 aliphatic carbocycles. The molecule has 0 radical (unpaired) electrons. The molecule has 0 aromatic carbocycles. The van der Waals surface area contributed by atoms with E-state index in [0.717, 1.165) is 11.3 Å². The summed E-state index contributed by atoms with van der Waals surface area (Å²) in [5, 5.41) is 7.07. The van der Waals surface area contributed by atoms with Crippen LogP contribution in [-0.4, -0.2) is 18.6 Å². The molecule has 0 aliphatic heterocycles. The number of aromatic nitrogens is 2. The Bertz CT molecular complexity index is 560. The van der Waals surface area contributed by atoms with Crippen LogP contribution in [0.2, 0.25) is 0 Å². The Morgan fingerprint density at radius 2 is 2.31 bits per heavy atom. The van der Waals surface area contributed by atoms with E-state index in [2.05, 4.69) is 14.9 Å². The van der Waals surface area contributed by atoms with E-state index in [0.29, 0.717) is 5.76 Å². The van der Waals surface area contributed by atoms with E-state index in [1.165, 1.54) is 17.6 Å². The van der Waals surface area contributed by atoms with Crippen molar-refractivity contribution in [3.63, 3.8) is 0 Å². The van der Waals surface area contributed by atoms with E-state index in [9.17, 15) is 8.42 Å². The summed E-state index contributed by atoms with van der Waals surface area (Å²) < 4.78 is 30.7. The van der Waals surface area contributed by atoms with Crippen LogP contribution in [0.1, 0.15) is 5.76 Å². The molecule has 2 aromatic heterocycles. The van der Waals surface area contributed by atoms with Gasteiger partial charge < -0.3 is 10.2 Å². The lowest BCUT2D eigenvalue weighted by Gasteiger charge is -2.00. The third-order valence-corrected chi connectivity index (χ3v) is 3.63. The van der Waals surface area contributed by atoms with Crippen molar-refractivity contribution < 1.29 is 12.8 Å². The van der Waals surface area contributed by atoms with Crippen LogP contribution in [0.4, 0.5) is 5.13 Å². The van der Waals surface area contributed by atoms with Crippen LogP contribution >= 0.6 is 11.3 Å². The molecule has 0 saturated heterocycles. The molecule has 0 amide bonds. The third-order valence-electron chi connectivity index (χ3n) is 1.68. The lowest BCUT2D eigenvalue weighted by Crippen LogP contribution is -2.12. The summed E-state index contributed by atoms with van der Waals surface area (Å²) in [5.41, 5.74) is 6.74. The van der Waals surface area contributed by atoms with Crippen molar-refractivity contribution in [3.05, 3.63) is 23.4 Å². The first-order valence-electron chi connectivity index (χ1n) is 4.19. The first kappa shape index (κ1) is 11.0. The SMILES string of the molecule is NCc1ccc(S(=O)(=O)Nc2nncs2)o1. The van der Waals surface area contributed by atoms with Crippen LogP contribution in [0, 0.1) is 0 Å². The number of nitrogens with one attached hydrogen (secondary N) is 1. The molecule has 0 atom stereocenters. The number of nitrogens with two attached hydrogens (primary N) is 1. The Balaban J connectivity index is 2.25. The molecule has 0 aliphatic rings. The lowest BCUT2D eigenvalue weighted by atomic mass is 10.5. The predicted molar refractivity (Wildman–Crippen MR) is 57.3 cm³/mol. The molecule has 7 nitrogen and oxygen atoms in total. The average Bonchev–Trinajstić information content (AvgIpc) is 2.85. The molecule has 9 heteroatoms. The summed E-state index contributed by atoms with van der Waals surface area (Å²) in [6.45, 7) is 0.147. The highest BCUT2D eigenvalue weighted by atomic mass is 32.2. The lowest BCUT2D eigenvalue weighted by molar-refractivity contribution is 0.417. The van der Waals surface area contributed by atoms with Crippen LogP contribution in [-0.2, 0) is 16.6 Å². The molecule has 2 aromatic rings. The first-order valence-corrected chi connectivity index (χ1v) is 6.56. The number of hydrogen-bond donors (Lipinski definition) is 2. The highest BCUT2D eigenvalue weighted by Gasteiger charge is 2.19. The van der Waals surface area contributed by atoms with Gasteiger partial charge in [0.25, 0.3) is 10.0 Å². The maximum atomic E-state index is 11.7. The number of rotatable bonds is 4. The summed E-state index contributed by atoms with van der Waals surface area (Å²) in [6.07, 6.45) is 0. The molecular formula is C7H8N4O3S2. The Labute approximate surface area is 95.3 Å². The summed E-state index contributed by atoms with van der Waals surface area (Å²) in [5.74, 6) is 0.401. The quantitative estimate of drug-likeness (QED) is 0.822. The smallest absolute Gasteiger partial charge is 0.297 e. The molecule has 0 saturated carbocycles. The van der Waals surface area contributed by atoms with Gasteiger partial charge in [-0.2, -0.15) is 8.42 Å². The highest BCUT2D eigenvalue weighted by molar-refractivity contribution is 7.92. The van der Waals surface area contributed by atoms with E-state index in [4.69, 9.17) is 10.2 Å². The largest absolute Gasteiger partial charge is 0.446 e. The maximum absolute atomic E-state index is 11.7. The van der Waals surface area contributed by atoms with Crippen molar-refractivity contribution in [2.24, 2.45) is 5.73 Å². The van der Waals surface area contributed by atoms with E-state index >= 15 is 0 Å². The fourth-order valence-electron chi connectivity index (χ4n) is 0.995. The van der Waals surface area contributed by atoms with Gasteiger partial charge in [0, 0.05) is 0 Å². The molecule has 2 heterocycles. The Morgan fingerprint density at radius 3 is 2.88 bits per heavy atom. The van der Waals surface area contributed by atoms with Crippen molar-refractivity contribution in [3.8, 4) is 0 Å². The zero-order chi connectivity index (χ0) is 11.6. The van der Waals surface area contributed by atoms with Crippen molar-refractivity contribution in [1.29, 1.82) is 0 Å². The first-order chi connectivity index (χ1) is 7.62. The number of furan rings is 1. The molecular weight excluding hydrogens is 252 g/mol.